The number of ether oxygens (including phenoxy) is 3. The summed E-state index contributed by atoms with van der Waals surface area (Å²) < 4.78 is 59.9. The van der Waals surface area contributed by atoms with Crippen LogP contribution in [0.15, 0.2) is 180 Å². The van der Waals surface area contributed by atoms with Gasteiger partial charge in [-0.1, -0.05) is 218 Å². The third-order valence-electron chi connectivity index (χ3n) is 15.9. The largest absolute Gasteiger partial charge is 0.543 e. The van der Waals surface area contributed by atoms with Crippen molar-refractivity contribution in [2.24, 2.45) is 5.41 Å². The lowest BCUT2D eigenvalue weighted by Crippen LogP contribution is -2.57. The molecule has 8 aromatic rings. The molecule has 10 N–H and O–H groups in total. The first kappa shape index (κ1) is 108. The number of carboxylic acids is 4. The molecule has 3 fully saturated rings. The van der Waals surface area contributed by atoms with Crippen molar-refractivity contribution in [3.63, 3.8) is 0 Å². The number of benzene rings is 8. The van der Waals surface area contributed by atoms with E-state index >= 15 is 0 Å². The number of halogens is 3. The third kappa shape index (κ3) is 39.0. The molecule has 3 aliphatic heterocycles. The van der Waals surface area contributed by atoms with Gasteiger partial charge in [-0.25, -0.2) is 19.2 Å². The maximum atomic E-state index is 11.4. The summed E-state index contributed by atoms with van der Waals surface area (Å²) in [7, 11) is -9.17. The Hall–Kier alpha value is -7.15. The molecule has 8 aromatic carbocycles. The van der Waals surface area contributed by atoms with Gasteiger partial charge in [-0.3, -0.25) is 0 Å². The van der Waals surface area contributed by atoms with Gasteiger partial charge in [-0.2, -0.15) is 0 Å². The number of carboxylic acid groups (broad SMARTS) is 4. The Morgan fingerprint density at radius 1 is 0.441 bits per heavy atom. The summed E-state index contributed by atoms with van der Waals surface area (Å²) in [5.41, 5.74) is 4.03. The van der Waals surface area contributed by atoms with Gasteiger partial charge in [0.25, 0.3) is 0 Å². The fourth-order valence-corrected chi connectivity index (χ4v) is 12.8. The van der Waals surface area contributed by atoms with Gasteiger partial charge in [0.2, 0.25) is 8.32 Å². The molecule has 0 amide bonds. The highest BCUT2D eigenvalue weighted by atomic mass is 79.9. The number of phenols is 4. The average Bonchev–Trinajstić information content (AvgIpc) is 0.739. The average molecular weight is 1810 g/mol. The molecule has 0 aliphatic carbocycles. The van der Waals surface area contributed by atoms with Gasteiger partial charge in [0.1, 0.15) is 50.2 Å². The van der Waals surface area contributed by atoms with E-state index in [0.29, 0.717) is 42.1 Å². The molecule has 0 radical (unpaired) electrons. The Balaban J connectivity index is -0.00000120. The van der Waals surface area contributed by atoms with E-state index in [2.05, 4.69) is 95.5 Å². The highest BCUT2D eigenvalue weighted by molar-refractivity contribution is 9.10. The minimum absolute atomic E-state index is 0.0184. The van der Waals surface area contributed by atoms with Gasteiger partial charge in [-0.05, 0) is 172 Å². The molecule has 2 bridgehead atoms. The van der Waals surface area contributed by atoms with Crippen LogP contribution >= 0.6 is 69.2 Å². The Labute approximate surface area is 684 Å². The number of rotatable bonds is 10. The van der Waals surface area contributed by atoms with Crippen LogP contribution < -0.4 is 20.3 Å². The second-order valence-electron chi connectivity index (χ2n) is 26.9. The second kappa shape index (κ2) is 52.3. The number of fused-ring (bicyclic) bond motifs is 3. The zero-order valence-electron chi connectivity index (χ0n) is 68.4. The van der Waals surface area contributed by atoms with E-state index < -0.39 is 66.7 Å². The van der Waals surface area contributed by atoms with Crippen molar-refractivity contribution in [1.82, 2.24) is 0 Å². The zero-order valence-corrected chi connectivity index (χ0v) is 76.8. The summed E-state index contributed by atoms with van der Waals surface area (Å²) in [6.07, 6.45) is 0. The van der Waals surface area contributed by atoms with Crippen molar-refractivity contribution < 1.29 is 102 Å². The molecule has 3 aliphatic rings. The molecular weight excluding hydrogens is 1690 g/mol. The number of aromatic hydroxyl groups is 4. The van der Waals surface area contributed by atoms with Crippen LogP contribution in [0.4, 0.5) is 0 Å². The molecule has 0 saturated carbocycles. The summed E-state index contributed by atoms with van der Waals surface area (Å²) >= 11 is 9.49. The van der Waals surface area contributed by atoms with E-state index in [9.17, 15) is 32.9 Å². The molecular formula is C82H117BBr3O21P3Si. The molecule has 3 saturated heterocycles. The maximum absolute atomic E-state index is 11.4. The fraction of sp³-hybridized carbons (Fsp3) is 0.366. The number of aromatic carboxylic acids is 4. The van der Waals surface area contributed by atoms with Crippen LogP contribution in [0.5, 0.6) is 28.7 Å². The maximum Gasteiger partial charge on any atom is 0.448 e. The van der Waals surface area contributed by atoms with Crippen LogP contribution in [0.1, 0.15) is 130 Å². The van der Waals surface area contributed by atoms with Crippen LogP contribution in [0.25, 0.3) is 0 Å². The van der Waals surface area contributed by atoms with Crippen molar-refractivity contribution in [1.29, 1.82) is 0 Å². The number of hydrogen-bond donors (Lipinski definition) is 10. The molecule has 3 heterocycles. The third-order valence-corrected chi connectivity index (χ3v) is 25.4. The van der Waals surface area contributed by atoms with Crippen LogP contribution in [0, 0.1) is 40.0 Å². The number of carbonyl (C=O) groups is 4. The van der Waals surface area contributed by atoms with Crippen LogP contribution in [-0.4, -0.2) is 162 Å². The Morgan fingerprint density at radius 3 is 0.847 bits per heavy atom. The molecule has 11 rings (SSSR count). The van der Waals surface area contributed by atoms with Crippen LogP contribution in [0.2, 0.25) is 25.0 Å². The van der Waals surface area contributed by atoms with E-state index in [1.165, 1.54) is 79.6 Å². The monoisotopic (exact) mass is 1810 g/mol. The summed E-state index contributed by atoms with van der Waals surface area (Å²) in [5, 5.41) is 88.9. The van der Waals surface area contributed by atoms with Crippen LogP contribution in [0.3, 0.4) is 0 Å². The van der Waals surface area contributed by atoms with Crippen molar-refractivity contribution in [2.75, 3.05) is 71.5 Å². The minimum Gasteiger partial charge on any atom is -0.543 e. The molecule has 21 nitrogen and oxygen atoms in total. The first-order valence-electron chi connectivity index (χ1n) is 34.9. The molecule has 29 heteroatoms. The van der Waals surface area contributed by atoms with E-state index in [4.69, 9.17) is 69.5 Å². The first-order valence-corrected chi connectivity index (χ1v) is 49.5. The summed E-state index contributed by atoms with van der Waals surface area (Å²) in [6.45, 7) is 43.5. The molecule has 0 aromatic heterocycles. The highest BCUT2D eigenvalue weighted by Crippen LogP contribution is 2.48. The lowest BCUT2D eigenvalue weighted by molar-refractivity contribution is -0.477. The molecule has 111 heavy (non-hydrogen) atoms. The summed E-state index contributed by atoms with van der Waals surface area (Å²) in [5.74, 6) is -0.602. The Bertz CT molecular complexity index is 3850. The highest BCUT2D eigenvalue weighted by Gasteiger charge is 2.53. The van der Waals surface area contributed by atoms with Crippen LogP contribution in [-0.2, 0) is 33.9 Å². The van der Waals surface area contributed by atoms with E-state index in [-0.39, 0.29) is 55.7 Å². The smallest absolute Gasteiger partial charge is 0.448 e. The lowest BCUT2D eigenvalue weighted by atomic mass is 9.90. The van der Waals surface area contributed by atoms with Crippen molar-refractivity contribution in [2.45, 2.75) is 121 Å². The van der Waals surface area contributed by atoms with Gasteiger partial charge < -0.3 is 83.2 Å². The number of phenolic OH excluding ortho intramolecular Hbond substituents is 4. The molecule has 0 unspecified atom stereocenters. The number of alkyl halides is 2. The predicted molar refractivity (Wildman–Crippen MR) is 469 cm³/mol. The summed E-state index contributed by atoms with van der Waals surface area (Å²) in [4.78, 5) is 41.9. The number of hydrogen-bond acceptors (Lipinski definition) is 17. The molecule has 0 spiro atoms. The standard InChI is InChI=1S/C19H29BrO4Si.4C8H8O3.3C8H11OP.2C2H6.CH5BO2.2CH3Br/c1-13-15(19-21-10-18(5,11-22-19)12-23-19)8-14(20)9-16(13)24-25(6,7)17(2,3)4;4*1-5-6(8(10)11)3-2-4-7(5)9;3*1-10(2,9)8-6-4-3-5-7-8;2*1-2;1-2(3)4;2*1-2/h8-9H,10-12H2,1-7H3;4*2-4,9H,1H3,(H,10,11);3*3-7H,1-2H3;2*1-2H3;3-4H,1H3;2*1H3. The zero-order chi connectivity index (χ0) is 86.8. The van der Waals surface area contributed by atoms with E-state index in [1.54, 1.807) is 67.7 Å². The minimum atomic E-state index is -2.02. The quantitative estimate of drug-likeness (QED) is 0.0345. The van der Waals surface area contributed by atoms with Crippen molar-refractivity contribution in [3.8, 4) is 28.7 Å². The normalized spacial score (nSPS) is 14.0. The topological polar surface area (TPSA) is 359 Å². The van der Waals surface area contributed by atoms with Gasteiger partial charge in [0.15, 0.2) is 0 Å². The van der Waals surface area contributed by atoms with Gasteiger partial charge in [0, 0.05) is 59.2 Å². The van der Waals surface area contributed by atoms with Gasteiger partial charge in [0.05, 0.1) is 42.1 Å². The summed E-state index contributed by atoms with van der Waals surface area (Å²) in [6, 6.07) is 50.4. The predicted octanol–water partition coefficient (Wildman–Crippen LogP) is 19.9. The molecule has 0 atom stereocenters. The lowest BCUT2D eigenvalue weighted by Gasteiger charge is -2.50. The van der Waals surface area contributed by atoms with Gasteiger partial charge >= 0.3 is 37.0 Å². The van der Waals surface area contributed by atoms with Crippen molar-refractivity contribution in [3.05, 3.63) is 236 Å². The van der Waals surface area contributed by atoms with E-state index in [1.807, 2.05) is 142 Å². The van der Waals surface area contributed by atoms with Crippen molar-refractivity contribution >= 4 is 124 Å². The second-order valence-corrected chi connectivity index (χ2v) is 42.2. The Kier molecular flexibility index (Phi) is 50.9. The fourth-order valence-electron chi connectivity index (χ4n) is 8.58. The first-order chi connectivity index (χ1) is 51.4. The van der Waals surface area contributed by atoms with Gasteiger partial charge in [-0.15, -0.1) is 0 Å². The SMILES string of the molecule is CB(O)O.CBr.CBr.CC.CC.CP(C)(=O)c1ccccc1.CP(C)(=O)c1ccccc1.CP(C)(=O)c1ccccc1.Cc1c(O)cccc1C(=O)O.Cc1c(O)cccc1C(=O)O.Cc1c(O)cccc1C(=O)O.Cc1c(O)cccc1C(=O)O.Cc1c(O[Si](C)(C)C(C)(C)C)cc(Br)cc1C12OCC(C)(CO1)CO2. The molecule has 614 valence electrons. The Morgan fingerprint density at radius 2 is 0.667 bits per heavy atom. The van der Waals surface area contributed by atoms with E-state index in [0.717, 1.165) is 37.3 Å².